The number of piperazine rings is 1. The van der Waals surface area contributed by atoms with Gasteiger partial charge in [0, 0.05) is 87.4 Å². The number of carbonyl (C=O) groups excluding carboxylic acids is 5. The molecule has 6 aliphatic heterocycles. The normalized spacial score (nSPS) is 24.4. The first-order chi connectivity index (χ1) is 27.6. The Morgan fingerprint density at radius 1 is 0.845 bits per heavy atom. The van der Waals surface area contributed by atoms with Crippen LogP contribution >= 0.6 is 0 Å². The summed E-state index contributed by atoms with van der Waals surface area (Å²) >= 11 is 0. The molecule has 0 radical (unpaired) electrons. The Hall–Kier alpha value is -5.80. The monoisotopic (exact) mass is 798 g/mol. The number of anilines is 3. The van der Waals surface area contributed by atoms with Crippen LogP contribution in [0.3, 0.4) is 0 Å². The highest BCUT2D eigenvalue weighted by molar-refractivity contribution is 6.23. The second-order valence-corrected chi connectivity index (χ2v) is 16.6. The number of rotatable bonds is 8. The van der Waals surface area contributed by atoms with E-state index in [2.05, 4.69) is 40.2 Å². The highest BCUT2D eigenvalue weighted by Gasteiger charge is 2.50. The van der Waals surface area contributed by atoms with E-state index < -0.39 is 58.5 Å². The molecule has 58 heavy (non-hydrogen) atoms. The first-order valence-corrected chi connectivity index (χ1v) is 19.4. The summed E-state index contributed by atoms with van der Waals surface area (Å²) in [5, 5.41) is 9.24. The maximum absolute atomic E-state index is 13.5. The molecule has 0 spiro atoms. The van der Waals surface area contributed by atoms with Crippen molar-refractivity contribution in [1.82, 2.24) is 29.8 Å². The van der Waals surface area contributed by atoms with Gasteiger partial charge in [-0.15, -0.1) is 0 Å². The number of likely N-dealkylation sites (tertiary alicyclic amines) is 1. The quantitative estimate of drug-likeness (QED) is 0.257. The van der Waals surface area contributed by atoms with Gasteiger partial charge < -0.3 is 15.1 Å². The zero-order valence-electron chi connectivity index (χ0n) is 31.8. The van der Waals surface area contributed by atoms with Crippen molar-refractivity contribution < 1.29 is 37.1 Å². The van der Waals surface area contributed by atoms with Gasteiger partial charge in [0.2, 0.25) is 11.8 Å². The summed E-state index contributed by atoms with van der Waals surface area (Å²) in [6.45, 7) is 15.5. The molecule has 9 rings (SSSR count). The molecule has 3 atom stereocenters. The summed E-state index contributed by atoms with van der Waals surface area (Å²) in [5.74, 6) is -2.60. The van der Waals surface area contributed by atoms with Crippen LogP contribution in [0.1, 0.15) is 65.8 Å². The van der Waals surface area contributed by atoms with Gasteiger partial charge in [-0.25, -0.2) is 4.85 Å². The van der Waals surface area contributed by atoms with Crippen LogP contribution in [0.4, 0.5) is 35.9 Å². The van der Waals surface area contributed by atoms with Crippen LogP contribution in [0.15, 0.2) is 48.8 Å². The van der Waals surface area contributed by atoms with Gasteiger partial charge >= 0.3 is 6.18 Å². The second-order valence-electron chi connectivity index (χ2n) is 16.6. The number of imide groups is 2. The van der Waals surface area contributed by atoms with Crippen molar-refractivity contribution in [3.63, 3.8) is 0 Å². The molecule has 0 saturated carbocycles. The predicted molar refractivity (Wildman–Crippen MR) is 203 cm³/mol. The van der Waals surface area contributed by atoms with Gasteiger partial charge in [0.25, 0.3) is 17.7 Å². The standard InChI is InChI=1S/C40H41F3N10O5/c1-39(2,38(58)46-22-4-9-32(44-3)31(12-22)40(41,42)43)51-21-26(14-45-51)49-17-27(18-49)50-15-24-5-6-25(16-50)52(24)28-19-48(20-28)23-7-8-29-30(13-23)37(57)53(36(29)56)33-10-11-34(54)47-35(33)55/h4,7-9,12-14,21,24-25,27-28,33H,5-6,10-11,15-20H2,1-2H3,(H,46,58)(H,47,54,55). The van der Waals surface area contributed by atoms with E-state index in [1.807, 2.05) is 6.07 Å². The Morgan fingerprint density at radius 2 is 1.52 bits per heavy atom. The molecule has 7 heterocycles. The molecule has 5 amide bonds. The van der Waals surface area contributed by atoms with Gasteiger partial charge in [-0.2, -0.15) is 18.3 Å². The predicted octanol–water partition coefficient (Wildman–Crippen LogP) is 3.45. The molecule has 5 fully saturated rings. The fourth-order valence-corrected chi connectivity index (χ4v) is 9.38. The number of carbonyl (C=O) groups is 5. The molecule has 15 nitrogen and oxygen atoms in total. The number of nitrogens with one attached hydrogen (secondary N) is 2. The van der Waals surface area contributed by atoms with Crippen LogP contribution in [0.2, 0.25) is 0 Å². The van der Waals surface area contributed by atoms with Crippen LogP contribution in [0.25, 0.3) is 4.85 Å². The summed E-state index contributed by atoms with van der Waals surface area (Å²) in [6, 6.07) is 9.00. The lowest BCUT2D eigenvalue weighted by molar-refractivity contribution is -0.137. The topological polar surface area (TPSA) is 148 Å². The Morgan fingerprint density at radius 3 is 2.19 bits per heavy atom. The van der Waals surface area contributed by atoms with Crippen LogP contribution in [-0.2, 0) is 26.1 Å². The zero-order chi connectivity index (χ0) is 40.8. The number of hydrogen-bond acceptors (Lipinski definition) is 10. The fraction of sp³-hybridized carbons (Fsp3) is 0.475. The molecule has 6 aliphatic rings. The molecule has 3 aromatic rings. The first-order valence-electron chi connectivity index (χ1n) is 19.4. The van der Waals surface area contributed by atoms with Crippen LogP contribution in [0, 0.1) is 6.57 Å². The number of halogens is 3. The van der Waals surface area contributed by atoms with Crippen molar-refractivity contribution in [3.05, 3.63) is 76.9 Å². The molecule has 2 bridgehead atoms. The van der Waals surface area contributed by atoms with Gasteiger partial charge in [-0.3, -0.25) is 48.7 Å². The SMILES string of the molecule is [C-]#[N+]c1ccc(NC(=O)C(C)(C)n2cc(N3CC(N4CC5CCC(C4)N5C4CN(c5ccc6c(c5)C(=O)N(C5CCC(=O)NC5=O)C6=O)C4)C3)cn2)cc1C(F)(F)F. The molecule has 2 aromatic carbocycles. The average molecular weight is 799 g/mol. The number of aromatic nitrogens is 2. The maximum Gasteiger partial charge on any atom is 0.407 e. The van der Waals surface area contributed by atoms with E-state index in [9.17, 15) is 37.1 Å². The highest BCUT2D eigenvalue weighted by Crippen LogP contribution is 2.40. The van der Waals surface area contributed by atoms with Crippen LogP contribution in [-0.4, -0.2) is 123 Å². The number of fused-ring (bicyclic) bond motifs is 3. The fourth-order valence-electron chi connectivity index (χ4n) is 9.38. The largest absolute Gasteiger partial charge is 0.407 e. The molecule has 3 unspecified atom stereocenters. The Bertz CT molecular complexity index is 2280. The molecule has 1 aromatic heterocycles. The number of hydrogen-bond donors (Lipinski definition) is 2. The second kappa shape index (κ2) is 13.7. The summed E-state index contributed by atoms with van der Waals surface area (Å²) in [7, 11) is 0. The van der Waals surface area contributed by atoms with E-state index in [1.165, 1.54) is 10.7 Å². The van der Waals surface area contributed by atoms with Gasteiger partial charge in [-0.05, 0) is 63.4 Å². The Kier molecular flexibility index (Phi) is 8.89. The van der Waals surface area contributed by atoms with Crippen molar-refractivity contribution in [2.75, 3.05) is 54.4 Å². The minimum Gasteiger partial charge on any atom is -0.368 e. The minimum absolute atomic E-state index is 0.0587. The molecule has 5 saturated heterocycles. The lowest BCUT2D eigenvalue weighted by Crippen LogP contribution is -2.70. The van der Waals surface area contributed by atoms with E-state index in [0.717, 1.165) is 80.5 Å². The number of piperidine rings is 1. The van der Waals surface area contributed by atoms with E-state index >= 15 is 0 Å². The van der Waals surface area contributed by atoms with Gasteiger partial charge in [-0.1, -0.05) is 6.07 Å². The number of amides is 5. The highest BCUT2D eigenvalue weighted by atomic mass is 19.4. The Balaban J connectivity index is 0.773. The molecular formula is C40H41F3N10O5. The van der Waals surface area contributed by atoms with Crippen molar-refractivity contribution in [2.24, 2.45) is 0 Å². The lowest BCUT2D eigenvalue weighted by atomic mass is 9.98. The number of nitrogens with zero attached hydrogens (tertiary/aromatic N) is 8. The molecule has 0 aliphatic carbocycles. The zero-order valence-corrected chi connectivity index (χ0v) is 31.8. The summed E-state index contributed by atoms with van der Waals surface area (Å²) in [6.07, 6.45) is 1.20. The summed E-state index contributed by atoms with van der Waals surface area (Å²) in [4.78, 5) is 77.5. The van der Waals surface area contributed by atoms with E-state index in [1.54, 1.807) is 38.4 Å². The maximum atomic E-state index is 13.5. The van der Waals surface area contributed by atoms with Crippen molar-refractivity contribution in [2.45, 2.75) is 81.5 Å². The smallest absolute Gasteiger partial charge is 0.368 e. The lowest BCUT2D eigenvalue weighted by Gasteiger charge is -2.55. The van der Waals surface area contributed by atoms with Crippen LogP contribution in [0.5, 0.6) is 0 Å². The first kappa shape index (κ1) is 37.8. The minimum atomic E-state index is -4.73. The van der Waals surface area contributed by atoms with Gasteiger partial charge in [0.15, 0.2) is 5.69 Å². The molecular weight excluding hydrogens is 757 g/mol. The van der Waals surface area contributed by atoms with E-state index in [0.29, 0.717) is 24.2 Å². The summed E-state index contributed by atoms with van der Waals surface area (Å²) in [5.41, 5.74) is -0.645. The van der Waals surface area contributed by atoms with E-state index in [-0.39, 0.29) is 29.7 Å². The number of benzene rings is 2. The average Bonchev–Trinajstić information content (AvgIpc) is 3.79. The summed E-state index contributed by atoms with van der Waals surface area (Å²) < 4.78 is 42.0. The number of alkyl halides is 3. The Labute approximate surface area is 331 Å². The van der Waals surface area contributed by atoms with Crippen LogP contribution < -0.4 is 20.4 Å². The van der Waals surface area contributed by atoms with Crippen molar-refractivity contribution in [3.8, 4) is 0 Å². The molecule has 2 N–H and O–H groups in total. The van der Waals surface area contributed by atoms with E-state index in [4.69, 9.17) is 6.57 Å². The van der Waals surface area contributed by atoms with Crippen molar-refractivity contribution in [1.29, 1.82) is 0 Å². The third-order valence-electron chi connectivity index (χ3n) is 12.8. The third kappa shape index (κ3) is 6.27. The van der Waals surface area contributed by atoms with Crippen molar-refractivity contribution >= 4 is 52.3 Å². The molecule has 302 valence electrons. The van der Waals surface area contributed by atoms with Gasteiger partial charge in [0.05, 0.1) is 35.1 Å². The molecule has 18 heteroatoms. The third-order valence-corrected chi connectivity index (χ3v) is 12.8. The van der Waals surface area contributed by atoms with Gasteiger partial charge in [0.1, 0.15) is 11.6 Å².